The van der Waals surface area contributed by atoms with Crippen LogP contribution >= 0.6 is 0 Å². The molecular formula is C21H16F3N5O. The molecule has 0 aliphatic carbocycles. The first-order valence-electron chi connectivity index (χ1n) is 9.37. The number of pyridine rings is 1. The van der Waals surface area contributed by atoms with E-state index >= 15 is 0 Å². The van der Waals surface area contributed by atoms with Crippen LogP contribution in [0, 0.1) is 0 Å². The summed E-state index contributed by atoms with van der Waals surface area (Å²) in [6.45, 7) is 1.75. The van der Waals surface area contributed by atoms with Gasteiger partial charge in [-0.2, -0.15) is 13.2 Å². The molecule has 1 aliphatic heterocycles. The second-order valence-electron chi connectivity index (χ2n) is 7.16. The number of hydrogen-bond donors (Lipinski definition) is 2. The number of hydrogen-bond acceptors (Lipinski definition) is 4. The number of alkyl halides is 3. The average Bonchev–Trinajstić information content (AvgIpc) is 3.11. The standard InChI is InChI=1S/C21H16F3N5O/c22-21(23,24)13-9-26-20(27-10-13)12-4-6-29(19(30)7-12)14-1-2-15-16-11-25-5-3-17(16)28-18(15)8-14/h1-2,4,6-10,25,28H,3,5,11H2. The SMILES string of the molecule is O=c1cc(-c2ncc(C(F)(F)F)cn2)ccn1-c1ccc2c3c([nH]c2c1)CCNC3. The molecule has 4 heterocycles. The zero-order chi connectivity index (χ0) is 20.9. The molecule has 0 unspecified atom stereocenters. The molecule has 152 valence electrons. The summed E-state index contributed by atoms with van der Waals surface area (Å²) in [5.74, 6) is 0.0623. The summed E-state index contributed by atoms with van der Waals surface area (Å²) in [5, 5.41) is 4.49. The van der Waals surface area contributed by atoms with Gasteiger partial charge in [0.05, 0.1) is 11.3 Å². The fourth-order valence-electron chi connectivity index (χ4n) is 3.75. The maximum Gasteiger partial charge on any atom is 0.419 e. The molecule has 0 radical (unpaired) electrons. The molecule has 0 spiro atoms. The van der Waals surface area contributed by atoms with Crippen molar-refractivity contribution in [2.24, 2.45) is 0 Å². The number of aromatic nitrogens is 4. The van der Waals surface area contributed by atoms with Crippen molar-refractivity contribution in [3.8, 4) is 17.1 Å². The first-order valence-corrected chi connectivity index (χ1v) is 9.37. The quantitative estimate of drug-likeness (QED) is 0.530. The molecule has 3 aromatic heterocycles. The predicted molar refractivity (Wildman–Crippen MR) is 105 cm³/mol. The lowest BCUT2D eigenvalue weighted by Crippen LogP contribution is -2.22. The fourth-order valence-corrected chi connectivity index (χ4v) is 3.75. The largest absolute Gasteiger partial charge is 0.419 e. The summed E-state index contributed by atoms with van der Waals surface area (Å²) in [5.41, 5.74) is 3.22. The van der Waals surface area contributed by atoms with E-state index in [0.717, 1.165) is 30.4 Å². The summed E-state index contributed by atoms with van der Waals surface area (Å²) in [6, 6.07) is 8.71. The number of H-pyrrole nitrogens is 1. The van der Waals surface area contributed by atoms with Gasteiger partial charge in [-0.25, -0.2) is 9.97 Å². The van der Waals surface area contributed by atoms with Crippen molar-refractivity contribution in [3.05, 3.63) is 76.1 Å². The van der Waals surface area contributed by atoms with Crippen molar-refractivity contribution >= 4 is 10.9 Å². The van der Waals surface area contributed by atoms with Crippen LogP contribution in [0.15, 0.2) is 53.7 Å². The minimum Gasteiger partial charge on any atom is -0.358 e. The number of benzene rings is 1. The van der Waals surface area contributed by atoms with Crippen molar-refractivity contribution in [2.75, 3.05) is 6.54 Å². The van der Waals surface area contributed by atoms with Crippen LogP contribution in [0.2, 0.25) is 0 Å². The van der Waals surface area contributed by atoms with Gasteiger partial charge in [-0.3, -0.25) is 9.36 Å². The van der Waals surface area contributed by atoms with E-state index in [1.807, 2.05) is 18.2 Å². The lowest BCUT2D eigenvalue weighted by molar-refractivity contribution is -0.138. The zero-order valence-electron chi connectivity index (χ0n) is 15.6. The van der Waals surface area contributed by atoms with Crippen molar-refractivity contribution in [3.63, 3.8) is 0 Å². The average molecular weight is 411 g/mol. The Labute approximate surface area is 168 Å². The molecule has 30 heavy (non-hydrogen) atoms. The van der Waals surface area contributed by atoms with Crippen molar-refractivity contribution in [1.82, 2.24) is 24.8 Å². The van der Waals surface area contributed by atoms with E-state index < -0.39 is 11.7 Å². The summed E-state index contributed by atoms with van der Waals surface area (Å²) < 4.78 is 39.5. The zero-order valence-corrected chi connectivity index (χ0v) is 15.6. The first-order chi connectivity index (χ1) is 14.4. The van der Waals surface area contributed by atoms with Gasteiger partial charge in [0.2, 0.25) is 0 Å². The van der Waals surface area contributed by atoms with Crippen LogP contribution in [0.25, 0.3) is 28.0 Å². The lowest BCUT2D eigenvalue weighted by atomic mass is 10.1. The normalized spacial score (nSPS) is 14.1. The molecule has 4 aromatic rings. The molecule has 2 N–H and O–H groups in total. The highest BCUT2D eigenvalue weighted by molar-refractivity contribution is 5.86. The Kier molecular flexibility index (Phi) is 4.21. The minimum atomic E-state index is -4.51. The van der Waals surface area contributed by atoms with Crippen LogP contribution in [0.3, 0.4) is 0 Å². The van der Waals surface area contributed by atoms with Crippen molar-refractivity contribution in [1.29, 1.82) is 0 Å². The fraction of sp³-hybridized carbons (Fsp3) is 0.190. The van der Waals surface area contributed by atoms with E-state index in [1.54, 1.807) is 12.3 Å². The summed E-state index contributed by atoms with van der Waals surface area (Å²) in [6.07, 6.45) is -0.577. The highest BCUT2D eigenvalue weighted by atomic mass is 19.4. The molecule has 0 saturated carbocycles. The number of fused-ring (bicyclic) bond motifs is 3. The smallest absolute Gasteiger partial charge is 0.358 e. The molecule has 0 amide bonds. The van der Waals surface area contributed by atoms with E-state index in [9.17, 15) is 18.0 Å². The Hall–Kier alpha value is -3.46. The van der Waals surface area contributed by atoms with Crippen molar-refractivity contribution in [2.45, 2.75) is 19.1 Å². The van der Waals surface area contributed by atoms with Crippen LogP contribution in [-0.4, -0.2) is 26.1 Å². The molecule has 6 nitrogen and oxygen atoms in total. The number of halogens is 3. The lowest BCUT2D eigenvalue weighted by Gasteiger charge is -2.12. The third-order valence-electron chi connectivity index (χ3n) is 5.27. The number of nitrogens with zero attached hydrogens (tertiary/aromatic N) is 3. The highest BCUT2D eigenvalue weighted by Gasteiger charge is 2.31. The molecule has 0 atom stereocenters. The Morgan fingerprint density at radius 2 is 1.87 bits per heavy atom. The summed E-state index contributed by atoms with van der Waals surface area (Å²) >= 11 is 0. The van der Waals surface area contributed by atoms with E-state index in [0.29, 0.717) is 23.6 Å². The van der Waals surface area contributed by atoms with E-state index in [1.165, 1.54) is 21.9 Å². The maximum absolute atomic E-state index is 12.7. The van der Waals surface area contributed by atoms with Gasteiger partial charge in [-0.05, 0) is 23.8 Å². The molecule has 0 bridgehead atoms. The molecule has 1 aliphatic rings. The maximum atomic E-state index is 12.7. The Balaban J connectivity index is 1.50. The molecule has 5 rings (SSSR count). The van der Waals surface area contributed by atoms with Gasteiger partial charge < -0.3 is 10.3 Å². The van der Waals surface area contributed by atoms with E-state index in [-0.39, 0.29) is 11.4 Å². The number of rotatable bonds is 2. The van der Waals surface area contributed by atoms with Gasteiger partial charge >= 0.3 is 6.18 Å². The van der Waals surface area contributed by atoms with Crippen LogP contribution in [-0.2, 0) is 19.1 Å². The first kappa shape index (κ1) is 18.6. The van der Waals surface area contributed by atoms with Crippen LogP contribution < -0.4 is 10.9 Å². The Morgan fingerprint density at radius 1 is 1.07 bits per heavy atom. The Bertz CT molecular complexity index is 1310. The molecule has 0 fully saturated rings. The third kappa shape index (κ3) is 3.17. The monoisotopic (exact) mass is 411 g/mol. The minimum absolute atomic E-state index is 0.0623. The van der Waals surface area contributed by atoms with Gasteiger partial charge in [-0.15, -0.1) is 0 Å². The predicted octanol–water partition coefficient (Wildman–Crippen LogP) is 3.44. The van der Waals surface area contributed by atoms with Gasteiger partial charge in [0, 0.05) is 66.3 Å². The Morgan fingerprint density at radius 3 is 2.60 bits per heavy atom. The third-order valence-corrected chi connectivity index (χ3v) is 5.27. The highest BCUT2D eigenvalue weighted by Crippen LogP contribution is 2.29. The molecule has 9 heteroatoms. The van der Waals surface area contributed by atoms with Crippen LogP contribution in [0.4, 0.5) is 13.2 Å². The van der Waals surface area contributed by atoms with E-state index in [4.69, 9.17) is 0 Å². The van der Waals surface area contributed by atoms with Crippen LogP contribution in [0.5, 0.6) is 0 Å². The number of aromatic amines is 1. The van der Waals surface area contributed by atoms with E-state index in [2.05, 4.69) is 20.3 Å². The molecule has 0 saturated heterocycles. The topological polar surface area (TPSA) is 75.6 Å². The summed E-state index contributed by atoms with van der Waals surface area (Å²) in [7, 11) is 0. The second kappa shape index (κ2) is 6.81. The van der Waals surface area contributed by atoms with Crippen LogP contribution in [0.1, 0.15) is 16.8 Å². The van der Waals surface area contributed by atoms with Gasteiger partial charge in [0.15, 0.2) is 5.82 Å². The van der Waals surface area contributed by atoms with Gasteiger partial charge in [-0.1, -0.05) is 6.07 Å². The molecule has 1 aromatic carbocycles. The van der Waals surface area contributed by atoms with Gasteiger partial charge in [0.1, 0.15) is 0 Å². The summed E-state index contributed by atoms with van der Waals surface area (Å²) in [4.78, 5) is 23.6. The molecular weight excluding hydrogens is 395 g/mol. The van der Waals surface area contributed by atoms with Crippen molar-refractivity contribution < 1.29 is 13.2 Å². The number of nitrogens with one attached hydrogen (secondary N) is 2. The van der Waals surface area contributed by atoms with Gasteiger partial charge in [0.25, 0.3) is 5.56 Å². The second-order valence-corrected chi connectivity index (χ2v) is 7.16.